The minimum atomic E-state index is -0.952. The Hall–Kier alpha value is -4.63. The number of hydrogen-bond donors (Lipinski definition) is 1. The van der Waals surface area contributed by atoms with Crippen LogP contribution in [0.5, 0.6) is 0 Å². The van der Waals surface area contributed by atoms with Crippen LogP contribution >= 0.6 is 0 Å². The normalized spacial score (nSPS) is 13.0. The van der Waals surface area contributed by atoms with Gasteiger partial charge in [-0.25, -0.2) is 4.79 Å². The average Bonchev–Trinajstić information content (AvgIpc) is 3.16. The lowest BCUT2D eigenvalue weighted by Gasteiger charge is -2.30. The molecule has 6 rings (SSSR count). The molecule has 3 nitrogen and oxygen atoms in total. The summed E-state index contributed by atoms with van der Waals surface area (Å²) in [6.45, 7) is 4.52. The number of carboxylic acids is 1. The van der Waals surface area contributed by atoms with Crippen LogP contribution in [0.15, 0.2) is 121 Å². The molecule has 0 amide bonds. The maximum atomic E-state index is 12.4. The van der Waals surface area contributed by atoms with E-state index >= 15 is 0 Å². The summed E-state index contributed by atoms with van der Waals surface area (Å²) < 4.78 is 0. The zero-order chi connectivity index (χ0) is 25.6. The molecule has 1 aliphatic carbocycles. The van der Waals surface area contributed by atoms with Gasteiger partial charge in [-0.1, -0.05) is 105 Å². The van der Waals surface area contributed by atoms with Crippen LogP contribution in [0.2, 0.25) is 0 Å². The average molecular weight is 482 g/mol. The molecular weight excluding hydrogens is 454 g/mol. The molecule has 0 aromatic heterocycles. The summed E-state index contributed by atoms with van der Waals surface area (Å²) in [5, 5.41) is 10.1. The highest BCUT2D eigenvalue weighted by Gasteiger charge is 2.36. The molecular formula is C34H27NO2. The van der Waals surface area contributed by atoms with Gasteiger partial charge in [-0.15, -0.1) is 0 Å². The molecule has 0 unspecified atom stereocenters. The fraction of sp³-hybridized carbons (Fsp3) is 0.0882. The SMILES string of the molecule is CC1(C)c2ccccc2-c2ccc(N(c3ccccc3C(=O)O)c3ccccc3-c3ccccc3)cc21. The van der Waals surface area contributed by atoms with Crippen molar-refractivity contribution in [2.24, 2.45) is 0 Å². The van der Waals surface area contributed by atoms with Crippen LogP contribution in [0, 0.1) is 0 Å². The summed E-state index contributed by atoms with van der Waals surface area (Å²) in [6.07, 6.45) is 0. The summed E-state index contributed by atoms with van der Waals surface area (Å²) in [5.41, 5.74) is 9.72. The predicted octanol–water partition coefficient (Wildman–Crippen LogP) is 8.83. The second-order valence-electron chi connectivity index (χ2n) is 9.94. The maximum Gasteiger partial charge on any atom is 0.337 e. The molecule has 5 aromatic rings. The van der Waals surface area contributed by atoms with Gasteiger partial charge in [0.1, 0.15) is 0 Å². The number of para-hydroxylation sites is 2. The lowest BCUT2D eigenvalue weighted by atomic mass is 9.82. The fourth-order valence-electron chi connectivity index (χ4n) is 5.62. The van der Waals surface area contributed by atoms with E-state index in [4.69, 9.17) is 0 Å². The zero-order valence-corrected chi connectivity index (χ0v) is 20.8. The first-order valence-corrected chi connectivity index (χ1v) is 12.5. The van der Waals surface area contributed by atoms with E-state index in [-0.39, 0.29) is 11.0 Å². The monoisotopic (exact) mass is 481 g/mol. The number of benzene rings is 5. The van der Waals surface area contributed by atoms with Gasteiger partial charge in [0.05, 0.1) is 16.9 Å². The lowest BCUT2D eigenvalue weighted by Crippen LogP contribution is -2.18. The highest BCUT2D eigenvalue weighted by atomic mass is 16.4. The van der Waals surface area contributed by atoms with E-state index in [0.29, 0.717) is 5.69 Å². The molecule has 0 aliphatic heterocycles. The molecule has 0 saturated heterocycles. The van der Waals surface area contributed by atoms with Gasteiger partial charge in [-0.3, -0.25) is 0 Å². The van der Waals surface area contributed by atoms with Crippen LogP contribution in [0.3, 0.4) is 0 Å². The van der Waals surface area contributed by atoms with Gasteiger partial charge in [0.25, 0.3) is 0 Å². The predicted molar refractivity (Wildman–Crippen MR) is 151 cm³/mol. The van der Waals surface area contributed by atoms with Gasteiger partial charge >= 0.3 is 5.97 Å². The third-order valence-corrected chi connectivity index (χ3v) is 7.43. The molecule has 3 heteroatoms. The Morgan fingerprint density at radius 2 is 1.22 bits per heavy atom. The Morgan fingerprint density at radius 1 is 0.622 bits per heavy atom. The molecule has 0 bridgehead atoms. The third-order valence-electron chi connectivity index (χ3n) is 7.43. The first-order valence-electron chi connectivity index (χ1n) is 12.5. The first kappa shape index (κ1) is 22.8. The number of nitrogens with zero attached hydrogens (tertiary/aromatic N) is 1. The van der Waals surface area contributed by atoms with Gasteiger partial charge in [0, 0.05) is 16.7 Å². The second kappa shape index (κ2) is 8.79. The highest BCUT2D eigenvalue weighted by molar-refractivity contribution is 5.99. The molecule has 0 fully saturated rings. The number of hydrogen-bond acceptors (Lipinski definition) is 2. The Kier molecular flexibility index (Phi) is 5.42. The van der Waals surface area contributed by atoms with Crippen molar-refractivity contribution in [1.82, 2.24) is 0 Å². The van der Waals surface area contributed by atoms with Crippen molar-refractivity contribution in [2.75, 3.05) is 4.90 Å². The van der Waals surface area contributed by atoms with Gasteiger partial charge in [-0.05, 0) is 58.1 Å². The largest absolute Gasteiger partial charge is 0.478 e. The molecule has 1 N–H and O–H groups in total. The van der Waals surface area contributed by atoms with Crippen molar-refractivity contribution in [1.29, 1.82) is 0 Å². The fourth-order valence-corrected chi connectivity index (χ4v) is 5.62. The Morgan fingerprint density at radius 3 is 1.97 bits per heavy atom. The Balaban J connectivity index is 1.62. The molecule has 5 aromatic carbocycles. The molecule has 0 heterocycles. The van der Waals surface area contributed by atoms with Crippen LogP contribution < -0.4 is 4.90 Å². The standard InChI is InChI=1S/C34H27NO2/c1-34(2)29-17-9-6-15-26(29)27-21-20-24(22-30(27)34)35(32-19-11-8-16-28(32)33(36)37)31-18-10-7-14-25(31)23-12-4-3-5-13-23/h3-22H,1-2H3,(H,36,37). The summed E-state index contributed by atoms with van der Waals surface area (Å²) in [4.78, 5) is 14.4. The van der Waals surface area contributed by atoms with E-state index in [1.54, 1.807) is 12.1 Å². The summed E-state index contributed by atoms with van der Waals surface area (Å²) >= 11 is 0. The van der Waals surface area contributed by atoms with Gasteiger partial charge < -0.3 is 10.0 Å². The molecule has 180 valence electrons. The molecule has 0 spiro atoms. The van der Waals surface area contributed by atoms with E-state index in [1.807, 2.05) is 42.5 Å². The van der Waals surface area contributed by atoms with Crippen molar-refractivity contribution >= 4 is 23.0 Å². The third kappa shape index (κ3) is 3.71. The van der Waals surface area contributed by atoms with Crippen molar-refractivity contribution in [3.63, 3.8) is 0 Å². The number of anilines is 3. The van der Waals surface area contributed by atoms with Gasteiger partial charge in [0.15, 0.2) is 0 Å². The van der Waals surface area contributed by atoms with Gasteiger partial charge in [-0.2, -0.15) is 0 Å². The van der Waals surface area contributed by atoms with Crippen LogP contribution in [0.1, 0.15) is 35.3 Å². The number of fused-ring (bicyclic) bond motifs is 3. The van der Waals surface area contributed by atoms with Crippen molar-refractivity contribution in [3.05, 3.63) is 138 Å². The van der Waals surface area contributed by atoms with E-state index < -0.39 is 5.97 Å². The summed E-state index contributed by atoms with van der Waals surface area (Å²) in [6, 6.07) is 40.7. The van der Waals surface area contributed by atoms with Gasteiger partial charge in [0.2, 0.25) is 0 Å². The summed E-state index contributed by atoms with van der Waals surface area (Å²) in [7, 11) is 0. The van der Waals surface area contributed by atoms with Crippen LogP contribution in [-0.4, -0.2) is 11.1 Å². The first-order chi connectivity index (χ1) is 18.0. The lowest BCUT2D eigenvalue weighted by molar-refractivity contribution is 0.0698. The van der Waals surface area contributed by atoms with E-state index in [1.165, 1.54) is 22.3 Å². The zero-order valence-electron chi connectivity index (χ0n) is 20.8. The summed E-state index contributed by atoms with van der Waals surface area (Å²) in [5.74, 6) is -0.952. The molecule has 0 radical (unpaired) electrons. The quantitative estimate of drug-likeness (QED) is 0.273. The van der Waals surface area contributed by atoms with Crippen LogP contribution in [0.4, 0.5) is 17.1 Å². The van der Waals surface area contributed by atoms with Crippen molar-refractivity contribution < 1.29 is 9.90 Å². The Bertz CT molecular complexity index is 1640. The number of carboxylic acid groups (broad SMARTS) is 1. The van der Waals surface area contributed by atoms with Crippen LogP contribution in [-0.2, 0) is 5.41 Å². The minimum Gasteiger partial charge on any atom is -0.478 e. The van der Waals surface area contributed by atoms with Crippen molar-refractivity contribution in [3.8, 4) is 22.3 Å². The highest BCUT2D eigenvalue weighted by Crippen LogP contribution is 2.51. The molecule has 0 saturated carbocycles. The van der Waals surface area contributed by atoms with Crippen molar-refractivity contribution in [2.45, 2.75) is 19.3 Å². The molecule has 1 aliphatic rings. The molecule has 37 heavy (non-hydrogen) atoms. The maximum absolute atomic E-state index is 12.4. The number of carbonyl (C=O) groups is 1. The Labute approximate surface area is 217 Å². The van der Waals surface area contributed by atoms with E-state index in [9.17, 15) is 9.90 Å². The van der Waals surface area contributed by atoms with E-state index in [0.717, 1.165) is 22.5 Å². The minimum absolute atomic E-state index is 0.168. The smallest absolute Gasteiger partial charge is 0.337 e. The van der Waals surface area contributed by atoms with E-state index in [2.05, 4.69) is 85.5 Å². The second-order valence-corrected chi connectivity index (χ2v) is 9.94. The van der Waals surface area contributed by atoms with Crippen LogP contribution in [0.25, 0.3) is 22.3 Å². The number of rotatable bonds is 5. The topological polar surface area (TPSA) is 40.5 Å². The molecule has 0 atom stereocenters. The number of aromatic carboxylic acids is 1.